The molecule has 0 saturated carbocycles. The first-order valence-corrected chi connectivity index (χ1v) is 27.9. The number of aliphatic hydroxyl groups excluding tert-OH is 12. The molecule has 3 fully saturated rings. The predicted molar refractivity (Wildman–Crippen MR) is 294 cm³/mol. The van der Waals surface area contributed by atoms with Gasteiger partial charge in [-0.3, -0.25) is 9.59 Å². The van der Waals surface area contributed by atoms with Gasteiger partial charge in [-0.25, -0.2) is 0 Å². The number of cyclic esters (lactones) is 1. The van der Waals surface area contributed by atoms with Gasteiger partial charge in [0.05, 0.1) is 98.7 Å². The van der Waals surface area contributed by atoms with Crippen molar-refractivity contribution in [1.82, 2.24) is 15.5 Å². The van der Waals surface area contributed by atoms with Crippen LogP contribution in [0.3, 0.4) is 0 Å². The van der Waals surface area contributed by atoms with E-state index in [9.17, 15) is 81.1 Å². The number of carbonyl (C=O) groups is 2. The summed E-state index contributed by atoms with van der Waals surface area (Å²) in [5, 5.41) is 160. The summed E-state index contributed by atoms with van der Waals surface area (Å²) in [5.74, 6) is -8.41. The summed E-state index contributed by atoms with van der Waals surface area (Å²) in [7, 11) is 3.59. The summed E-state index contributed by atoms with van der Waals surface area (Å²) < 4.78 is 29.3. The number of rotatable bonds is 9. The third-order valence-electron chi connectivity index (χ3n) is 15.1. The first-order valence-electron chi connectivity index (χ1n) is 27.9. The summed E-state index contributed by atoms with van der Waals surface area (Å²) in [6.45, 7) is 6.05. The Morgan fingerprint density at radius 1 is 0.667 bits per heavy atom. The van der Waals surface area contributed by atoms with Crippen LogP contribution in [-0.4, -0.2) is 250 Å². The molecule has 0 aromatic carbocycles. The Bertz CT molecular complexity index is 2110. The molecule has 3 saturated heterocycles. The molecule has 24 nitrogen and oxygen atoms in total. The lowest BCUT2D eigenvalue weighted by Crippen LogP contribution is -2.69. The minimum atomic E-state index is -2.46. The van der Waals surface area contributed by atoms with E-state index in [-0.39, 0.29) is 44.6 Å². The number of carbonyl (C=O) groups excluding carboxylic acids is 2. The van der Waals surface area contributed by atoms with E-state index in [4.69, 9.17) is 23.7 Å². The molecule has 1 amide bonds. The summed E-state index contributed by atoms with van der Waals surface area (Å²) in [5.41, 5.74) is 0. The average Bonchev–Trinajstić information content (AvgIpc) is 3.38. The van der Waals surface area contributed by atoms with Crippen LogP contribution in [0.1, 0.15) is 79.1 Å². The second-order valence-electron chi connectivity index (χ2n) is 22.3. The molecule has 4 rings (SSSR count). The third-order valence-corrected chi connectivity index (χ3v) is 15.1. The van der Waals surface area contributed by atoms with Crippen molar-refractivity contribution in [1.29, 1.82) is 0 Å². The molecule has 2 bridgehead atoms. The number of likely N-dealkylation sites (N-methyl/N-ethyl adjacent to an activating group) is 1. The number of aliphatic hydroxyl groups is 14. The number of nitrogens with one attached hydrogen (secondary N) is 2. The molecule has 23 atom stereocenters. The van der Waals surface area contributed by atoms with E-state index < -0.39 is 178 Å². The number of hydrogen-bond donors (Lipinski definition) is 16. The average molecular weight is 1160 g/mol. The topological polar surface area (TPSA) is 391 Å². The highest BCUT2D eigenvalue weighted by Gasteiger charge is 2.53. The van der Waals surface area contributed by atoms with Crippen LogP contribution >= 0.6 is 0 Å². The minimum absolute atomic E-state index is 0.158. The van der Waals surface area contributed by atoms with Crippen LogP contribution in [0, 0.1) is 17.8 Å². The Morgan fingerprint density at radius 2 is 1.25 bits per heavy atom. The number of esters is 1. The Kier molecular flexibility index (Phi) is 29.1. The fourth-order valence-corrected chi connectivity index (χ4v) is 10.0. The van der Waals surface area contributed by atoms with Crippen molar-refractivity contribution in [3.63, 3.8) is 0 Å². The minimum Gasteiger partial charge on any atom is -0.462 e. The number of allylic oxidation sites excluding steroid dienone is 12. The first kappa shape index (κ1) is 69.8. The largest absolute Gasteiger partial charge is 0.462 e. The van der Waals surface area contributed by atoms with Crippen molar-refractivity contribution in [3.05, 3.63) is 85.1 Å². The normalized spacial score (nSPS) is 44.7. The van der Waals surface area contributed by atoms with Gasteiger partial charge in [-0.1, -0.05) is 98.9 Å². The maximum Gasteiger partial charge on any atom is 0.308 e. The molecule has 16 N–H and O–H groups in total. The summed E-state index contributed by atoms with van der Waals surface area (Å²) in [4.78, 5) is 28.5. The summed E-state index contributed by atoms with van der Waals surface area (Å²) in [6, 6.07) is -1.34. The van der Waals surface area contributed by atoms with Gasteiger partial charge < -0.3 is 111 Å². The first-order chi connectivity index (χ1) is 38.1. The van der Waals surface area contributed by atoms with E-state index in [0.29, 0.717) is 6.54 Å². The van der Waals surface area contributed by atoms with E-state index >= 15 is 0 Å². The Hall–Kier alpha value is -3.68. The van der Waals surface area contributed by atoms with Crippen molar-refractivity contribution >= 4 is 11.9 Å². The predicted octanol–water partition coefficient (Wildman–Crippen LogP) is -2.26. The van der Waals surface area contributed by atoms with Crippen molar-refractivity contribution < 1.29 is 105 Å². The zero-order valence-electron chi connectivity index (χ0n) is 47.3. The van der Waals surface area contributed by atoms with Crippen molar-refractivity contribution in [2.45, 2.75) is 201 Å². The summed E-state index contributed by atoms with van der Waals surface area (Å²) in [6.07, 6.45) is -2.97. The molecular formula is C57H93N3O21. The van der Waals surface area contributed by atoms with Gasteiger partial charge in [-0.2, -0.15) is 0 Å². The second kappa shape index (κ2) is 33.7. The Morgan fingerprint density at radius 3 is 1.86 bits per heavy atom. The van der Waals surface area contributed by atoms with E-state index in [2.05, 4.69) is 10.6 Å². The van der Waals surface area contributed by atoms with E-state index in [0.717, 1.165) is 0 Å². The zero-order valence-corrected chi connectivity index (χ0v) is 47.3. The van der Waals surface area contributed by atoms with Crippen LogP contribution in [0.2, 0.25) is 0 Å². The van der Waals surface area contributed by atoms with Crippen molar-refractivity contribution in [2.24, 2.45) is 17.8 Å². The Balaban J connectivity index is 1.65. The molecule has 0 aromatic rings. The lowest BCUT2D eigenvalue weighted by atomic mass is 9.82. The van der Waals surface area contributed by atoms with Crippen LogP contribution in [-0.2, 0) is 33.3 Å². The van der Waals surface area contributed by atoms with Gasteiger partial charge in [0, 0.05) is 44.2 Å². The quantitative estimate of drug-likeness (QED) is 0.108. The van der Waals surface area contributed by atoms with E-state index in [1.807, 2.05) is 17.9 Å². The maximum absolute atomic E-state index is 14.0. The molecule has 462 valence electrons. The number of fused-ring (bicyclic) bond motifs is 2. The summed E-state index contributed by atoms with van der Waals surface area (Å²) >= 11 is 0. The number of hydrogen-bond acceptors (Lipinski definition) is 23. The molecule has 4 heterocycles. The van der Waals surface area contributed by atoms with Gasteiger partial charge in [-0.15, -0.1) is 0 Å². The van der Waals surface area contributed by atoms with Crippen molar-refractivity contribution in [3.8, 4) is 0 Å². The van der Waals surface area contributed by atoms with Crippen LogP contribution in [0.25, 0.3) is 0 Å². The molecular weight excluding hydrogens is 1060 g/mol. The van der Waals surface area contributed by atoms with Crippen LogP contribution in [0.4, 0.5) is 0 Å². The highest BCUT2D eigenvalue weighted by molar-refractivity contribution is 5.80. The number of amides is 1. The maximum atomic E-state index is 14.0. The molecule has 0 radical (unpaired) electrons. The van der Waals surface area contributed by atoms with Gasteiger partial charge in [0.1, 0.15) is 30.5 Å². The fourth-order valence-electron chi connectivity index (χ4n) is 10.0. The SMILES string of the molecule is C[C@@H]1[C@H](O)[C@@H](C)/C=C/C=C/C=C/C=C/C=C/C=C/C=C/[C@H](O[C@@H]2O[C@H](C)[C@@H](O)[C@H](NCC3(O)OC[C@@H](O)[C@@H](O)[C@@H]3O)[C@@H]2O)C[C@@H]2O[C@](O)(C[C@@H](O)[C@H](O)CC[C@@H](O)C[C@@H](O)C[C@@H](O)CC(=O)O[C@H]1C)C[C@H](O)[C@H]2C(=O)NCCN(C)C. The number of nitrogens with zero attached hydrogens (tertiary/aromatic N) is 1. The standard InChI is InChI=1S/C57H93N3O21/c1-33-19-17-15-13-11-9-7-8-10-12-14-16-18-20-40(80-55-52(72)48(50(70)36(4)79-55)59-32-57(76)53(73)51(71)44(67)31-77-57)28-45-47(54(74)58-23-24-60(5)6)43(66)30-56(75,81-45)29-42(65)41(64)22-21-37(61)25-38(62)26-39(63)27-46(68)78-35(3)34(2)49(33)69/h7-20,33-45,47-53,55,59,61-67,69-73,75-76H,21-32H2,1-6H3,(H,58,74)/b8-7+,11-9+,12-10+,15-13+,16-14+,19-17+,20-18+/t33-,34-,35-,36+,37+,38+,39+,40-,41+,42+,43-,44+,45-,47+,48-,49+,50+,51+,52-,53-,55-,56+,57?/m0/s1. The van der Waals surface area contributed by atoms with E-state index in [1.54, 1.807) is 101 Å². The molecule has 0 aliphatic carbocycles. The fraction of sp³-hybridized carbons (Fsp3) is 0.719. The Labute approximate surface area is 474 Å². The highest BCUT2D eigenvalue weighted by atomic mass is 16.7. The van der Waals surface area contributed by atoms with Gasteiger partial charge in [0.25, 0.3) is 0 Å². The van der Waals surface area contributed by atoms with Crippen molar-refractivity contribution in [2.75, 3.05) is 40.3 Å². The molecule has 0 aromatic heterocycles. The van der Waals surface area contributed by atoms with Gasteiger partial charge >= 0.3 is 5.97 Å². The van der Waals surface area contributed by atoms with Crippen LogP contribution in [0.5, 0.6) is 0 Å². The molecule has 1 unspecified atom stereocenters. The molecule has 4 aliphatic rings. The third kappa shape index (κ3) is 22.4. The molecule has 0 spiro atoms. The lowest BCUT2D eigenvalue weighted by molar-refractivity contribution is -0.323. The van der Waals surface area contributed by atoms with Crippen LogP contribution in [0.15, 0.2) is 85.1 Å². The molecule has 81 heavy (non-hydrogen) atoms. The smallest absolute Gasteiger partial charge is 0.308 e. The second-order valence-corrected chi connectivity index (χ2v) is 22.3. The lowest BCUT2D eigenvalue weighted by Gasteiger charge is -2.47. The highest BCUT2D eigenvalue weighted by Crippen LogP contribution is 2.38. The van der Waals surface area contributed by atoms with E-state index in [1.165, 1.54) is 13.0 Å². The van der Waals surface area contributed by atoms with Gasteiger partial charge in [0.2, 0.25) is 11.7 Å². The zero-order chi connectivity index (χ0) is 60.2. The van der Waals surface area contributed by atoms with Crippen LogP contribution < -0.4 is 10.6 Å². The van der Waals surface area contributed by atoms with Gasteiger partial charge in [0.15, 0.2) is 12.1 Å². The van der Waals surface area contributed by atoms with Gasteiger partial charge in [-0.05, 0) is 53.6 Å². The molecule has 4 aliphatic heterocycles. The number of ether oxygens (including phenoxy) is 5. The molecule has 24 heteroatoms. The monoisotopic (exact) mass is 1160 g/mol.